The van der Waals surface area contributed by atoms with Crippen LogP contribution in [0.2, 0.25) is 0 Å². The summed E-state index contributed by atoms with van der Waals surface area (Å²) in [4.78, 5) is 26.5. The van der Waals surface area contributed by atoms with Crippen molar-refractivity contribution in [1.82, 2.24) is 4.90 Å². The number of allylic oxidation sites excluding steroid dienone is 2. The zero-order valence-corrected chi connectivity index (χ0v) is 14.4. The van der Waals surface area contributed by atoms with Crippen molar-refractivity contribution < 1.29 is 19.4 Å². The highest BCUT2D eigenvalue weighted by molar-refractivity contribution is 5.90. The van der Waals surface area contributed by atoms with Gasteiger partial charge in [-0.2, -0.15) is 0 Å². The van der Waals surface area contributed by atoms with E-state index >= 15 is 0 Å². The summed E-state index contributed by atoms with van der Waals surface area (Å²) in [5.41, 5.74) is 0.711. The van der Waals surface area contributed by atoms with Crippen LogP contribution >= 0.6 is 0 Å². The molecule has 1 aliphatic carbocycles. The number of hydrogen-bond acceptors (Lipinski definition) is 3. The Morgan fingerprint density at radius 3 is 2.88 bits per heavy atom. The van der Waals surface area contributed by atoms with Crippen LogP contribution in [0.5, 0.6) is 0 Å². The first-order valence-corrected chi connectivity index (χ1v) is 8.88. The molecule has 2 saturated heterocycles. The number of carboxylic acid groups (broad SMARTS) is 1. The van der Waals surface area contributed by atoms with E-state index in [4.69, 9.17) is 4.74 Å². The highest BCUT2D eigenvalue weighted by Gasteiger charge is 2.67. The number of rotatable bonds is 3. The lowest BCUT2D eigenvalue weighted by atomic mass is 9.75. The van der Waals surface area contributed by atoms with E-state index in [9.17, 15) is 14.7 Å². The molecule has 0 unspecified atom stereocenters. The third kappa shape index (κ3) is 2.10. The lowest BCUT2D eigenvalue weighted by molar-refractivity contribution is -0.148. The molecule has 3 aliphatic heterocycles. The van der Waals surface area contributed by atoms with E-state index in [2.05, 4.69) is 26.8 Å². The average Bonchev–Trinajstić information content (AvgIpc) is 3.11. The molecule has 0 aromatic rings. The Hall–Kier alpha value is -1.62. The Kier molecular flexibility index (Phi) is 3.43. The molecule has 7 atom stereocenters. The summed E-state index contributed by atoms with van der Waals surface area (Å²) in [5, 5.41) is 9.53. The van der Waals surface area contributed by atoms with E-state index in [-0.39, 0.29) is 5.91 Å². The van der Waals surface area contributed by atoms with Crippen LogP contribution in [0.15, 0.2) is 23.8 Å². The number of hydrogen-bond donors (Lipinski definition) is 1. The maximum Gasteiger partial charge on any atom is 0.310 e. The first-order valence-electron chi connectivity index (χ1n) is 8.88. The summed E-state index contributed by atoms with van der Waals surface area (Å²) in [6, 6.07) is 0. The van der Waals surface area contributed by atoms with Gasteiger partial charge in [0.2, 0.25) is 5.91 Å². The molecule has 24 heavy (non-hydrogen) atoms. The molecule has 0 radical (unpaired) electrons. The zero-order chi connectivity index (χ0) is 17.2. The van der Waals surface area contributed by atoms with E-state index in [1.54, 1.807) is 0 Å². The van der Waals surface area contributed by atoms with Crippen LogP contribution in [-0.2, 0) is 14.3 Å². The number of ether oxygens (including phenoxy) is 1. The lowest BCUT2D eigenvalue weighted by Crippen LogP contribution is -2.41. The van der Waals surface area contributed by atoms with Gasteiger partial charge < -0.3 is 14.7 Å². The van der Waals surface area contributed by atoms with Gasteiger partial charge in [0, 0.05) is 6.54 Å². The molecule has 2 bridgehead atoms. The normalized spacial score (nSPS) is 46.4. The molecule has 1 amide bonds. The van der Waals surface area contributed by atoms with Gasteiger partial charge in [-0.05, 0) is 31.1 Å². The van der Waals surface area contributed by atoms with Crippen molar-refractivity contribution in [1.29, 1.82) is 0 Å². The number of carbonyl (C=O) groups is 2. The average molecular weight is 331 g/mol. The zero-order valence-electron chi connectivity index (χ0n) is 14.4. The molecule has 4 rings (SSSR count). The summed E-state index contributed by atoms with van der Waals surface area (Å²) in [6.07, 6.45) is 6.69. The second-order valence-corrected chi connectivity index (χ2v) is 8.17. The van der Waals surface area contributed by atoms with Gasteiger partial charge in [0.1, 0.15) is 11.5 Å². The van der Waals surface area contributed by atoms with Crippen molar-refractivity contribution >= 4 is 11.9 Å². The lowest BCUT2D eigenvalue weighted by Gasteiger charge is -2.36. The van der Waals surface area contributed by atoms with Crippen LogP contribution in [0.25, 0.3) is 0 Å². The SMILES string of the molecule is CC1=C[C@@H](C)[C@H](CN2C[C@@]34C=C[C@@H](O3)[C@H](C(=O)O)[C@@H]4C2=O)[C@H](C)C1. The minimum Gasteiger partial charge on any atom is -0.481 e. The number of likely N-dealkylation sites (tertiary alicyclic amines) is 1. The number of fused-ring (bicyclic) bond motifs is 1. The Bertz CT molecular complexity index is 654. The number of amides is 1. The fourth-order valence-corrected chi connectivity index (χ4v) is 5.43. The second kappa shape index (κ2) is 5.19. The van der Waals surface area contributed by atoms with Crippen molar-refractivity contribution in [2.24, 2.45) is 29.6 Å². The van der Waals surface area contributed by atoms with Crippen molar-refractivity contribution in [3.05, 3.63) is 23.8 Å². The van der Waals surface area contributed by atoms with Crippen LogP contribution in [0.1, 0.15) is 27.2 Å². The summed E-state index contributed by atoms with van der Waals surface area (Å²) < 4.78 is 5.95. The van der Waals surface area contributed by atoms with Gasteiger partial charge in [-0.15, -0.1) is 0 Å². The molecule has 1 spiro atoms. The molecule has 0 aromatic carbocycles. The molecule has 0 saturated carbocycles. The third-order valence-electron chi connectivity index (χ3n) is 6.49. The van der Waals surface area contributed by atoms with Crippen molar-refractivity contribution in [2.45, 2.75) is 38.9 Å². The van der Waals surface area contributed by atoms with E-state index in [1.807, 2.05) is 17.1 Å². The van der Waals surface area contributed by atoms with Crippen molar-refractivity contribution in [3.8, 4) is 0 Å². The largest absolute Gasteiger partial charge is 0.481 e. The molecule has 0 aromatic heterocycles. The summed E-state index contributed by atoms with van der Waals surface area (Å²) in [5.74, 6) is -0.893. The predicted octanol–water partition coefficient (Wildman–Crippen LogP) is 2.09. The Morgan fingerprint density at radius 1 is 1.46 bits per heavy atom. The minimum absolute atomic E-state index is 0.0417. The Balaban J connectivity index is 1.56. The van der Waals surface area contributed by atoms with E-state index in [1.165, 1.54) is 5.57 Å². The molecule has 4 aliphatic rings. The maximum atomic E-state index is 13.0. The standard InChI is InChI=1S/C19H25NO4/c1-10-6-11(2)13(12(3)7-10)8-20-9-19-5-4-14(24-19)15(18(22)23)16(19)17(20)21/h4-6,11-16H,7-9H2,1-3H3,(H,22,23)/t11-,12-,13+,14-,15+,16-,19-/m1/s1. The second-order valence-electron chi connectivity index (χ2n) is 8.17. The molecule has 5 heteroatoms. The first-order chi connectivity index (χ1) is 11.3. The molecule has 5 nitrogen and oxygen atoms in total. The predicted molar refractivity (Wildman–Crippen MR) is 88.1 cm³/mol. The van der Waals surface area contributed by atoms with Crippen molar-refractivity contribution in [2.75, 3.05) is 13.1 Å². The van der Waals surface area contributed by atoms with Gasteiger partial charge in [-0.3, -0.25) is 9.59 Å². The fraction of sp³-hybridized carbons (Fsp3) is 0.684. The molecular weight excluding hydrogens is 306 g/mol. The van der Waals surface area contributed by atoms with Crippen LogP contribution in [-0.4, -0.2) is 46.7 Å². The Labute approximate surface area is 142 Å². The maximum absolute atomic E-state index is 13.0. The smallest absolute Gasteiger partial charge is 0.310 e. The number of nitrogens with zero attached hydrogens (tertiary/aromatic N) is 1. The van der Waals surface area contributed by atoms with E-state index in [0.717, 1.165) is 6.42 Å². The molecular formula is C19H25NO4. The monoisotopic (exact) mass is 331 g/mol. The number of carbonyl (C=O) groups excluding carboxylic acids is 1. The van der Waals surface area contributed by atoms with Crippen LogP contribution in [0, 0.1) is 29.6 Å². The minimum atomic E-state index is -0.926. The highest BCUT2D eigenvalue weighted by atomic mass is 16.5. The fourth-order valence-electron chi connectivity index (χ4n) is 5.43. The third-order valence-corrected chi connectivity index (χ3v) is 6.49. The Morgan fingerprint density at radius 2 is 2.21 bits per heavy atom. The highest BCUT2D eigenvalue weighted by Crippen LogP contribution is 2.52. The van der Waals surface area contributed by atoms with Gasteiger partial charge in [0.15, 0.2) is 0 Å². The van der Waals surface area contributed by atoms with E-state index < -0.39 is 29.5 Å². The van der Waals surface area contributed by atoms with Gasteiger partial charge in [-0.1, -0.05) is 37.6 Å². The topological polar surface area (TPSA) is 66.8 Å². The van der Waals surface area contributed by atoms with Crippen LogP contribution in [0.3, 0.4) is 0 Å². The number of aliphatic carboxylic acids is 1. The van der Waals surface area contributed by atoms with Gasteiger partial charge in [-0.25, -0.2) is 0 Å². The summed E-state index contributed by atoms with van der Waals surface area (Å²) in [6.45, 7) is 7.82. The van der Waals surface area contributed by atoms with Gasteiger partial charge >= 0.3 is 5.97 Å². The molecule has 2 fully saturated rings. The first kappa shape index (κ1) is 15.9. The number of carboxylic acids is 1. The van der Waals surface area contributed by atoms with Gasteiger partial charge in [0.25, 0.3) is 0 Å². The molecule has 1 N–H and O–H groups in total. The van der Waals surface area contributed by atoms with Crippen molar-refractivity contribution in [3.63, 3.8) is 0 Å². The molecule has 130 valence electrons. The quantitative estimate of drug-likeness (QED) is 0.804. The van der Waals surface area contributed by atoms with Crippen LogP contribution in [0.4, 0.5) is 0 Å². The summed E-state index contributed by atoms with van der Waals surface area (Å²) >= 11 is 0. The van der Waals surface area contributed by atoms with Gasteiger partial charge in [0.05, 0.1) is 18.6 Å². The van der Waals surface area contributed by atoms with E-state index in [0.29, 0.717) is 30.8 Å². The summed E-state index contributed by atoms with van der Waals surface area (Å²) in [7, 11) is 0. The van der Waals surface area contributed by atoms with Crippen LogP contribution < -0.4 is 0 Å². The molecule has 3 heterocycles.